The van der Waals surface area contributed by atoms with Crippen molar-refractivity contribution >= 4 is 17.2 Å². The highest BCUT2D eigenvalue weighted by atomic mass is 16.3. The molecule has 2 aromatic carbocycles. The smallest absolute Gasteiger partial charge is 0.124 e. The molecule has 1 heterocycles. The highest BCUT2D eigenvalue weighted by molar-refractivity contribution is 5.83. The summed E-state index contributed by atoms with van der Waals surface area (Å²) in [6.07, 6.45) is 1.55. The first-order valence-electron chi connectivity index (χ1n) is 5.47. The number of aromatic hydroxyl groups is 1. The zero-order valence-electron chi connectivity index (χ0n) is 9.43. The summed E-state index contributed by atoms with van der Waals surface area (Å²) in [6, 6.07) is 14.5. The van der Waals surface area contributed by atoms with Crippen LogP contribution in [0.2, 0.25) is 0 Å². The van der Waals surface area contributed by atoms with Crippen LogP contribution in [0.25, 0.3) is 11.0 Å². The van der Waals surface area contributed by atoms with E-state index in [0.717, 1.165) is 11.0 Å². The van der Waals surface area contributed by atoms with Gasteiger partial charge >= 0.3 is 0 Å². The third-order valence-corrected chi connectivity index (χ3v) is 2.58. The highest BCUT2D eigenvalue weighted by Gasteiger charge is 2.01. The van der Waals surface area contributed by atoms with Gasteiger partial charge in [-0.1, -0.05) is 24.3 Å². The topological polar surface area (TPSA) is 63.3 Å². The maximum absolute atomic E-state index is 9.62. The Morgan fingerprint density at radius 3 is 2.72 bits per heavy atom. The molecule has 0 atom stereocenters. The van der Waals surface area contributed by atoms with Crippen LogP contribution in [0.15, 0.2) is 53.6 Å². The summed E-state index contributed by atoms with van der Waals surface area (Å²) in [6.45, 7) is 0. The SMILES string of the molecule is Oc1ccccc1/C=N/n1nnc2ccccc21. The van der Waals surface area contributed by atoms with E-state index in [1.54, 1.807) is 24.4 Å². The highest BCUT2D eigenvalue weighted by Crippen LogP contribution is 2.14. The quantitative estimate of drug-likeness (QED) is 0.695. The van der Waals surface area contributed by atoms with Crippen LogP contribution in [-0.4, -0.2) is 26.4 Å². The maximum Gasteiger partial charge on any atom is 0.124 e. The van der Waals surface area contributed by atoms with E-state index in [1.165, 1.54) is 4.79 Å². The first-order valence-corrected chi connectivity index (χ1v) is 5.47. The standard InChI is InChI=1S/C13H10N4O/c18-13-8-4-1-5-10(13)9-14-17-12-7-3-2-6-11(12)15-16-17/h1-9,18H/b14-9+. The number of aromatic nitrogens is 3. The zero-order valence-corrected chi connectivity index (χ0v) is 9.43. The number of rotatable bonds is 2. The van der Waals surface area contributed by atoms with Crippen molar-refractivity contribution < 1.29 is 5.11 Å². The van der Waals surface area contributed by atoms with E-state index in [2.05, 4.69) is 15.4 Å². The fourth-order valence-electron chi connectivity index (χ4n) is 1.66. The molecule has 3 rings (SSSR count). The largest absolute Gasteiger partial charge is 0.507 e. The molecule has 0 aliphatic rings. The van der Waals surface area contributed by atoms with Gasteiger partial charge in [0.2, 0.25) is 0 Å². The molecule has 0 saturated heterocycles. The second kappa shape index (κ2) is 4.29. The van der Waals surface area contributed by atoms with Crippen molar-refractivity contribution in [1.82, 2.24) is 15.1 Å². The van der Waals surface area contributed by atoms with Gasteiger partial charge in [-0.05, 0) is 29.5 Å². The number of benzene rings is 2. The van der Waals surface area contributed by atoms with Crippen LogP contribution < -0.4 is 0 Å². The number of fused-ring (bicyclic) bond motifs is 1. The van der Waals surface area contributed by atoms with Gasteiger partial charge in [0.25, 0.3) is 0 Å². The van der Waals surface area contributed by atoms with E-state index in [0.29, 0.717) is 5.56 Å². The van der Waals surface area contributed by atoms with Crippen molar-refractivity contribution in [2.24, 2.45) is 5.10 Å². The van der Waals surface area contributed by atoms with Crippen molar-refractivity contribution in [1.29, 1.82) is 0 Å². The van der Waals surface area contributed by atoms with Gasteiger partial charge in [-0.2, -0.15) is 5.10 Å². The lowest BCUT2D eigenvalue weighted by Gasteiger charge is -1.96. The van der Waals surface area contributed by atoms with E-state index in [9.17, 15) is 5.11 Å². The lowest BCUT2D eigenvalue weighted by Crippen LogP contribution is -1.93. The predicted octanol–water partition coefficient (Wildman–Crippen LogP) is 2.02. The van der Waals surface area contributed by atoms with Crippen molar-refractivity contribution in [2.45, 2.75) is 0 Å². The summed E-state index contributed by atoms with van der Waals surface area (Å²) in [4.78, 5) is 1.43. The van der Waals surface area contributed by atoms with Gasteiger partial charge in [0, 0.05) is 5.56 Å². The van der Waals surface area contributed by atoms with Crippen molar-refractivity contribution in [3.8, 4) is 5.75 Å². The third kappa shape index (κ3) is 1.82. The Labute approximate surface area is 103 Å². The predicted molar refractivity (Wildman–Crippen MR) is 68.6 cm³/mol. The zero-order chi connectivity index (χ0) is 12.4. The minimum atomic E-state index is 0.186. The summed E-state index contributed by atoms with van der Waals surface area (Å²) in [5, 5.41) is 21.7. The Balaban J connectivity index is 2.00. The molecule has 18 heavy (non-hydrogen) atoms. The molecule has 0 saturated carbocycles. The second-order valence-electron chi connectivity index (χ2n) is 3.77. The number of para-hydroxylation sites is 2. The second-order valence-corrected chi connectivity index (χ2v) is 3.77. The van der Waals surface area contributed by atoms with Crippen LogP contribution in [0.1, 0.15) is 5.56 Å². The summed E-state index contributed by atoms with van der Waals surface area (Å²) in [5.41, 5.74) is 2.24. The van der Waals surface area contributed by atoms with Crippen LogP contribution in [0, 0.1) is 0 Å². The maximum atomic E-state index is 9.62. The van der Waals surface area contributed by atoms with Gasteiger partial charge in [-0.3, -0.25) is 0 Å². The summed E-state index contributed by atoms with van der Waals surface area (Å²) >= 11 is 0. The molecule has 0 radical (unpaired) electrons. The molecule has 88 valence electrons. The Kier molecular flexibility index (Phi) is 2.49. The Morgan fingerprint density at radius 2 is 1.83 bits per heavy atom. The Morgan fingerprint density at radius 1 is 1.06 bits per heavy atom. The summed E-state index contributed by atoms with van der Waals surface area (Å²) < 4.78 is 0. The van der Waals surface area contributed by atoms with E-state index >= 15 is 0 Å². The van der Waals surface area contributed by atoms with Crippen LogP contribution in [-0.2, 0) is 0 Å². The van der Waals surface area contributed by atoms with Crippen LogP contribution in [0.5, 0.6) is 5.75 Å². The summed E-state index contributed by atoms with van der Waals surface area (Å²) in [7, 11) is 0. The molecular weight excluding hydrogens is 228 g/mol. The average Bonchev–Trinajstić information content (AvgIpc) is 2.81. The normalized spacial score (nSPS) is 11.3. The van der Waals surface area contributed by atoms with E-state index < -0.39 is 0 Å². The van der Waals surface area contributed by atoms with Crippen molar-refractivity contribution in [3.05, 3.63) is 54.1 Å². The molecule has 0 aliphatic heterocycles. The molecule has 0 amide bonds. The van der Waals surface area contributed by atoms with Gasteiger partial charge in [-0.15, -0.1) is 9.89 Å². The first kappa shape index (κ1) is 10.5. The lowest BCUT2D eigenvalue weighted by molar-refractivity contribution is 0.474. The van der Waals surface area contributed by atoms with E-state index in [1.807, 2.05) is 30.3 Å². The fourth-order valence-corrected chi connectivity index (χ4v) is 1.66. The van der Waals surface area contributed by atoms with E-state index in [4.69, 9.17) is 0 Å². The first-order chi connectivity index (χ1) is 8.84. The molecule has 5 heteroatoms. The number of hydrogen-bond acceptors (Lipinski definition) is 4. The number of phenolic OH excluding ortho intramolecular Hbond substituents is 1. The number of hydrogen-bond donors (Lipinski definition) is 1. The van der Waals surface area contributed by atoms with Crippen molar-refractivity contribution in [2.75, 3.05) is 0 Å². The Bertz CT molecular complexity index is 718. The van der Waals surface area contributed by atoms with Crippen LogP contribution in [0.3, 0.4) is 0 Å². The van der Waals surface area contributed by atoms with Crippen LogP contribution >= 0.6 is 0 Å². The minimum Gasteiger partial charge on any atom is -0.507 e. The molecule has 0 aliphatic carbocycles. The molecule has 3 aromatic rings. The molecule has 5 nitrogen and oxygen atoms in total. The molecule has 0 fully saturated rings. The Hall–Kier alpha value is -2.69. The molecule has 0 unspecified atom stereocenters. The minimum absolute atomic E-state index is 0.186. The lowest BCUT2D eigenvalue weighted by atomic mass is 10.2. The van der Waals surface area contributed by atoms with Gasteiger partial charge in [0.15, 0.2) is 0 Å². The van der Waals surface area contributed by atoms with Gasteiger partial charge in [0.05, 0.1) is 6.21 Å². The third-order valence-electron chi connectivity index (χ3n) is 2.58. The monoisotopic (exact) mass is 238 g/mol. The van der Waals surface area contributed by atoms with Gasteiger partial charge in [0.1, 0.15) is 16.8 Å². The van der Waals surface area contributed by atoms with Gasteiger partial charge in [-0.25, -0.2) is 0 Å². The van der Waals surface area contributed by atoms with Crippen LogP contribution in [0.4, 0.5) is 0 Å². The molecular formula is C13H10N4O. The molecule has 0 bridgehead atoms. The van der Waals surface area contributed by atoms with Crippen molar-refractivity contribution in [3.63, 3.8) is 0 Å². The molecule has 0 spiro atoms. The fraction of sp³-hybridized carbons (Fsp3) is 0. The molecule has 1 aromatic heterocycles. The summed E-state index contributed by atoms with van der Waals surface area (Å²) in [5.74, 6) is 0.186. The van der Waals surface area contributed by atoms with E-state index in [-0.39, 0.29) is 5.75 Å². The molecule has 1 N–H and O–H groups in total. The number of nitrogens with zero attached hydrogens (tertiary/aromatic N) is 4. The average molecular weight is 238 g/mol. The van der Waals surface area contributed by atoms with Gasteiger partial charge < -0.3 is 5.11 Å². The number of phenols is 1.